The predicted molar refractivity (Wildman–Crippen MR) is 82.3 cm³/mol. The van der Waals surface area contributed by atoms with Gasteiger partial charge in [0.05, 0.1) is 18.7 Å². The SMILES string of the molecule is COC[C@H]1O[C@@H](n2cc(CN=C(N)N)c(=O)[nH]c2=O)[C@H](F)[C@@H]1OC. The number of hydrogen-bond acceptors (Lipinski definition) is 6. The fourth-order valence-electron chi connectivity index (χ4n) is 2.50. The number of hydrogen-bond donors (Lipinski definition) is 3. The summed E-state index contributed by atoms with van der Waals surface area (Å²) in [5, 5.41) is 0. The summed E-state index contributed by atoms with van der Waals surface area (Å²) in [5.74, 6) is -0.216. The number of methoxy groups -OCH3 is 2. The molecule has 5 N–H and O–H groups in total. The number of rotatable bonds is 6. The Labute approximate surface area is 136 Å². The zero-order valence-corrected chi connectivity index (χ0v) is 13.3. The average molecular weight is 345 g/mol. The lowest BCUT2D eigenvalue weighted by atomic mass is 10.1. The van der Waals surface area contributed by atoms with Gasteiger partial charge in [-0.25, -0.2) is 14.2 Å². The van der Waals surface area contributed by atoms with Crippen LogP contribution < -0.4 is 22.7 Å². The number of aromatic amines is 1. The van der Waals surface area contributed by atoms with E-state index < -0.39 is 35.9 Å². The molecule has 134 valence electrons. The van der Waals surface area contributed by atoms with E-state index in [-0.39, 0.29) is 24.7 Å². The van der Waals surface area contributed by atoms with Crippen LogP contribution in [0.2, 0.25) is 0 Å². The van der Waals surface area contributed by atoms with Crippen molar-refractivity contribution in [3.05, 3.63) is 32.6 Å². The van der Waals surface area contributed by atoms with E-state index in [0.29, 0.717) is 0 Å². The van der Waals surface area contributed by atoms with Crippen LogP contribution in [0.5, 0.6) is 0 Å². The van der Waals surface area contributed by atoms with Gasteiger partial charge in [0.15, 0.2) is 18.4 Å². The van der Waals surface area contributed by atoms with Crippen molar-refractivity contribution in [2.45, 2.75) is 31.2 Å². The van der Waals surface area contributed by atoms with E-state index in [2.05, 4.69) is 9.98 Å². The third-order valence-corrected chi connectivity index (χ3v) is 3.62. The van der Waals surface area contributed by atoms with E-state index in [1.54, 1.807) is 0 Å². The molecule has 0 amide bonds. The molecule has 2 rings (SSSR count). The molecule has 1 aliphatic heterocycles. The van der Waals surface area contributed by atoms with Crippen molar-refractivity contribution in [3.8, 4) is 0 Å². The normalized spacial score (nSPS) is 26.5. The van der Waals surface area contributed by atoms with E-state index in [9.17, 15) is 14.0 Å². The molecule has 1 aromatic rings. The maximum Gasteiger partial charge on any atom is 0.330 e. The summed E-state index contributed by atoms with van der Waals surface area (Å²) in [6.45, 7) is -0.0643. The van der Waals surface area contributed by atoms with Crippen molar-refractivity contribution < 1.29 is 18.6 Å². The van der Waals surface area contributed by atoms with Gasteiger partial charge in [-0.2, -0.15) is 0 Å². The minimum absolute atomic E-state index is 0.0861. The molecule has 1 aromatic heterocycles. The molecule has 1 fully saturated rings. The van der Waals surface area contributed by atoms with Crippen molar-refractivity contribution in [2.75, 3.05) is 20.8 Å². The molecule has 0 radical (unpaired) electrons. The van der Waals surface area contributed by atoms with Gasteiger partial charge in [0.1, 0.15) is 12.2 Å². The molecular weight excluding hydrogens is 325 g/mol. The molecule has 1 saturated heterocycles. The van der Waals surface area contributed by atoms with Gasteiger partial charge in [-0.3, -0.25) is 14.3 Å². The number of alkyl halides is 1. The Balaban J connectivity index is 2.37. The summed E-state index contributed by atoms with van der Waals surface area (Å²) in [5.41, 5.74) is 9.06. The number of halogens is 1. The molecule has 0 saturated carbocycles. The molecular formula is C13H20FN5O5. The molecule has 0 bridgehead atoms. The van der Waals surface area contributed by atoms with Crippen LogP contribution in [0.4, 0.5) is 4.39 Å². The van der Waals surface area contributed by atoms with Gasteiger partial charge in [-0.15, -0.1) is 0 Å². The highest BCUT2D eigenvalue weighted by Crippen LogP contribution is 2.32. The Morgan fingerprint density at radius 1 is 1.46 bits per heavy atom. The lowest BCUT2D eigenvalue weighted by molar-refractivity contribution is -0.0625. The van der Waals surface area contributed by atoms with Gasteiger partial charge in [-0.1, -0.05) is 0 Å². The van der Waals surface area contributed by atoms with Gasteiger partial charge in [0.2, 0.25) is 0 Å². The van der Waals surface area contributed by atoms with Crippen LogP contribution in [0.3, 0.4) is 0 Å². The third-order valence-electron chi connectivity index (χ3n) is 3.62. The van der Waals surface area contributed by atoms with Crippen LogP contribution >= 0.6 is 0 Å². The second kappa shape index (κ2) is 7.55. The summed E-state index contributed by atoms with van der Waals surface area (Å²) in [6.07, 6.45) is -3.32. The number of nitrogens with two attached hydrogens (primary N) is 2. The Hall–Kier alpha value is -2.24. The van der Waals surface area contributed by atoms with Crippen LogP contribution in [0, 0.1) is 0 Å². The molecule has 0 aromatic carbocycles. The molecule has 0 unspecified atom stereocenters. The van der Waals surface area contributed by atoms with E-state index in [4.69, 9.17) is 25.7 Å². The minimum atomic E-state index is -1.63. The van der Waals surface area contributed by atoms with Crippen molar-refractivity contribution in [2.24, 2.45) is 16.5 Å². The number of ether oxygens (including phenoxy) is 3. The summed E-state index contributed by atoms with van der Waals surface area (Å²) >= 11 is 0. The van der Waals surface area contributed by atoms with E-state index in [0.717, 1.165) is 4.57 Å². The van der Waals surface area contributed by atoms with Crippen molar-refractivity contribution in [1.82, 2.24) is 9.55 Å². The minimum Gasteiger partial charge on any atom is -0.382 e. The monoisotopic (exact) mass is 345 g/mol. The summed E-state index contributed by atoms with van der Waals surface area (Å²) < 4.78 is 31.2. The van der Waals surface area contributed by atoms with Gasteiger partial charge in [0, 0.05) is 20.4 Å². The average Bonchev–Trinajstić information content (AvgIpc) is 2.82. The first-order valence-electron chi connectivity index (χ1n) is 7.10. The van der Waals surface area contributed by atoms with E-state index >= 15 is 0 Å². The first-order chi connectivity index (χ1) is 11.4. The molecule has 0 aliphatic carbocycles. The summed E-state index contributed by atoms with van der Waals surface area (Å²) in [4.78, 5) is 29.6. The van der Waals surface area contributed by atoms with Crippen molar-refractivity contribution >= 4 is 5.96 Å². The Bertz CT molecular complexity index is 713. The van der Waals surface area contributed by atoms with Crippen LogP contribution in [-0.2, 0) is 20.8 Å². The topological polar surface area (TPSA) is 147 Å². The van der Waals surface area contributed by atoms with Crippen LogP contribution in [0.1, 0.15) is 11.8 Å². The van der Waals surface area contributed by atoms with Gasteiger partial charge in [-0.05, 0) is 0 Å². The second-order valence-corrected chi connectivity index (χ2v) is 5.23. The molecule has 0 spiro atoms. The number of guanidine groups is 1. The standard InChI is InChI=1S/C13H20FN5O5/c1-22-5-7-9(23-2)8(14)11(24-7)19-4-6(3-17-12(15)16)10(20)18-13(19)21/h4,7-9,11H,3,5H2,1-2H3,(H4,15,16,17)(H,18,20,21)/t7-,8-,9-,11-/m1/s1. The van der Waals surface area contributed by atoms with E-state index in [1.165, 1.54) is 20.4 Å². The first kappa shape index (κ1) is 18.1. The fraction of sp³-hybridized carbons (Fsp3) is 0.615. The first-order valence-corrected chi connectivity index (χ1v) is 7.10. The van der Waals surface area contributed by atoms with Gasteiger partial charge >= 0.3 is 5.69 Å². The maximum atomic E-state index is 14.6. The number of nitrogens with zero attached hydrogens (tertiary/aromatic N) is 2. The molecule has 24 heavy (non-hydrogen) atoms. The highest BCUT2D eigenvalue weighted by molar-refractivity contribution is 5.75. The molecule has 4 atom stereocenters. The van der Waals surface area contributed by atoms with Crippen molar-refractivity contribution in [3.63, 3.8) is 0 Å². The smallest absolute Gasteiger partial charge is 0.330 e. The zero-order valence-electron chi connectivity index (χ0n) is 13.3. The quantitative estimate of drug-likeness (QED) is 0.407. The maximum absolute atomic E-state index is 14.6. The lowest BCUT2D eigenvalue weighted by Crippen LogP contribution is -2.38. The molecule has 11 heteroatoms. The number of aliphatic imine (C=N–C) groups is 1. The molecule has 10 nitrogen and oxygen atoms in total. The van der Waals surface area contributed by atoms with Crippen LogP contribution in [0.25, 0.3) is 0 Å². The summed E-state index contributed by atoms with van der Waals surface area (Å²) in [7, 11) is 2.78. The lowest BCUT2D eigenvalue weighted by Gasteiger charge is -2.17. The number of H-pyrrole nitrogens is 1. The van der Waals surface area contributed by atoms with Gasteiger partial charge in [0.25, 0.3) is 5.56 Å². The fourth-order valence-corrected chi connectivity index (χ4v) is 2.50. The van der Waals surface area contributed by atoms with Crippen LogP contribution in [-0.4, -0.2) is 54.7 Å². The highest BCUT2D eigenvalue weighted by atomic mass is 19.1. The third kappa shape index (κ3) is 3.63. The van der Waals surface area contributed by atoms with Crippen LogP contribution in [0.15, 0.2) is 20.8 Å². The second-order valence-electron chi connectivity index (χ2n) is 5.23. The molecule has 2 heterocycles. The zero-order chi connectivity index (χ0) is 17.9. The number of aromatic nitrogens is 2. The van der Waals surface area contributed by atoms with E-state index in [1.807, 2.05) is 0 Å². The predicted octanol–water partition coefficient (Wildman–Crippen LogP) is -1.79. The molecule has 1 aliphatic rings. The Morgan fingerprint density at radius 3 is 2.75 bits per heavy atom. The largest absolute Gasteiger partial charge is 0.382 e. The van der Waals surface area contributed by atoms with Gasteiger partial charge < -0.3 is 25.7 Å². The Kier molecular flexibility index (Phi) is 5.70. The summed E-state index contributed by atoms with van der Waals surface area (Å²) in [6, 6.07) is 0. The van der Waals surface area contributed by atoms with Crippen molar-refractivity contribution in [1.29, 1.82) is 0 Å². The highest BCUT2D eigenvalue weighted by Gasteiger charge is 2.46. The number of nitrogens with one attached hydrogen (secondary N) is 1. The Morgan fingerprint density at radius 2 is 2.17 bits per heavy atom.